The Morgan fingerprint density at radius 3 is 2.62 bits per heavy atom. The quantitative estimate of drug-likeness (QED) is 0.522. The van der Waals surface area contributed by atoms with Crippen molar-refractivity contribution < 1.29 is 14.0 Å². The minimum absolute atomic E-state index is 0.0301. The number of furan rings is 1. The summed E-state index contributed by atoms with van der Waals surface area (Å²) in [5.41, 5.74) is 0. The molecule has 3 aromatic heterocycles. The molecule has 0 radical (unpaired) electrons. The maximum atomic E-state index is 13.7. The summed E-state index contributed by atoms with van der Waals surface area (Å²) in [5, 5.41) is 17.7. The van der Waals surface area contributed by atoms with Crippen LogP contribution in [-0.4, -0.2) is 49.0 Å². The topological polar surface area (TPSA) is 106 Å². The SMILES string of the molecule is Cc1ccc(C(C(=O)NC2CCCC2)N(C(=O)Cn2nnc(-c3cccs3)n2)C2CCCC2)o1. The first-order valence-corrected chi connectivity index (χ1v) is 13.0. The lowest BCUT2D eigenvalue weighted by atomic mass is 10.1. The van der Waals surface area contributed by atoms with Gasteiger partial charge >= 0.3 is 0 Å². The highest BCUT2D eigenvalue weighted by Gasteiger charge is 2.40. The average molecular weight is 483 g/mol. The van der Waals surface area contributed by atoms with Gasteiger partial charge in [-0.2, -0.15) is 4.80 Å². The molecule has 3 aromatic rings. The zero-order valence-corrected chi connectivity index (χ0v) is 20.2. The lowest BCUT2D eigenvalue weighted by Gasteiger charge is -2.35. The normalized spacial score (nSPS) is 17.8. The second kappa shape index (κ2) is 10.1. The fraction of sp³-hybridized carbons (Fsp3) is 0.542. The number of aryl methyl sites for hydroxylation is 1. The second-order valence-electron chi connectivity index (χ2n) is 9.20. The van der Waals surface area contributed by atoms with Gasteiger partial charge in [0, 0.05) is 12.1 Å². The Labute approximate surface area is 202 Å². The van der Waals surface area contributed by atoms with E-state index in [9.17, 15) is 9.59 Å². The molecule has 5 rings (SSSR count). The van der Waals surface area contributed by atoms with E-state index in [-0.39, 0.29) is 30.4 Å². The molecule has 0 aliphatic heterocycles. The maximum absolute atomic E-state index is 13.7. The molecule has 1 N–H and O–H groups in total. The van der Waals surface area contributed by atoms with E-state index in [0.717, 1.165) is 56.2 Å². The van der Waals surface area contributed by atoms with Crippen LogP contribution in [0.5, 0.6) is 0 Å². The molecule has 2 fully saturated rings. The second-order valence-corrected chi connectivity index (χ2v) is 10.1. The molecule has 180 valence electrons. The highest BCUT2D eigenvalue weighted by Crippen LogP contribution is 2.33. The van der Waals surface area contributed by atoms with Crippen molar-refractivity contribution in [1.82, 2.24) is 30.4 Å². The number of tetrazole rings is 1. The summed E-state index contributed by atoms with van der Waals surface area (Å²) in [6.45, 7) is 1.77. The van der Waals surface area contributed by atoms with E-state index >= 15 is 0 Å². The number of amides is 2. The molecular formula is C24H30N6O3S. The summed E-state index contributed by atoms with van der Waals surface area (Å²) >= 11 is 1.52. The predicted molar refractivity (Wildman–Crippen MR) is 127 cm³/mol. The van der Waals surface area contributed by atoms with Crippen molar-refractivity contribution in [2.75, 3.05) is 0 Å². The highest BCUT2D eigenvalue weighted by molar-refractivity contribution is 7.13. The van der Waals surface area contributed by atoms with E-state index < -0.39 is 6.04 Å². The molecule has 0 spiro atoms. The van der Waals surface area contributed by atoms with Gasteiger partial charge in [-0.3, -0.25) is 9.59 Å². The number of nitrogens with one attached hydrogen (secondary N) is 1. The van der Waals surface area contributed by atoms with Crippen LogP contribution in [-0.2, 0) is 16.1 Å². The van der Waals surface area contributed by atoms with E-state index in [1.54, 1.807) is 4.90 Å². The summed E-state index contributed by atoms with van der Waals surface area (Å²) in [5.74, 6) is 1.33. The number of carbonyl (C=O) groups excluding carboxylic acids is 2. The fourth-order valence-electron chi connectivity index (χ4n) is 5.10. The predicted octanol–water partition coefficient (Wildman–Crippen LogP) is 3.87. The summed E-state index contributed by atoms with van der Waals surface area (Å²) in [6, 6.07) is 6.80. The molecule has 0 aromatic carbocycles. The zero-order valence-electron chi connectivity index (χ0n) is 19.4. The first-order valence-electron chi connectivity index (χ1n) is 12.1. The third-order valence-electron chi connectivity index (χ3n) is 6.74. The van der Waals surface area contributed by atoms with Crippen LogP contribution >= 0.6 is 11.3 Å². The Morgan fingerprint density at radius 1 is 1.18 bits per heavy atom. The molecule has 1 atom stereocenters. The van der Waals surface area contributed by atoms with E-state index in [4.69, 9.17) is 4.42 Å². The average Bonchev–Trinajstić information content (AvgIpc) is 3.63. The summed E-state index contributed by atoms with van der Waals surface area (Å²) in [7, 11) is 0. The summed E-state index contributed by atoms with van der Waals surface area (Å²) in [6.07, 6.45) is 7.98. The molecule has 3 heterocycles. The minimum atomic E-state index is -0.815. The first-order chi connectivity index (χ1) is 16.6. The molecule has 2 aliphatic carbocycles. The van der Waals surface area contributed by atoms with Gasteiger partial charge < -0.3 is 14.6 Å². The standard InChI is InChI=1S/C24H30N6O3S/c1-16-12-13-19(33-16)22(24(32)25-17-7-2-3-8-17)30(18-9-4-5-10-18)21(31)15-29-27-23(26-28-29)20-11-6-14-34-20/h6,11-14,17-18,22H,2-5,7-10,15H2,1H3,(H,25,32). The van der Waals surface area contributed by atoms with Crippen LogP contribution in [0.25, 0.3) is 10.7 Å². The number of nitrogens with zero attached hydrogens (tertiary/aromatic N) is 5. The van der Waals surface area contributed by atoms with Gasteiger partial charge in [0.1, 0.15) is 18.1 Å². The van der Waals surface area contributed by atoms with Crippen molar-refractivity contribution in [2.24, 2.45) is 0 Å². The molecule has 10 heteroatoms. The highest BCUT2D eigenvalue weighted by atomic mass is 32.1. The van der Waals surface area contributed by atoms with Crippen LogP contribution in [0.15, 0.2) is 34.1 Å². The number of hydrogen-bond acceptors (Lipinski definition) is 7. The molecule has 34 heavy (non-hydrogen) atoms. The maximum Gasteiger partial charge on any atom is 0.250 e. The van der Waals surface area contributed by atoms with Gasteiger partial charge in [-0.25, -0.2) is 0 Å². The largest absolute Gasteiger partial charge is 0.464 e. The lowest BCUT2D eigenvalue weighted by Crippen LogP contribution is -2.50. The molecule has 0 saturated heterocycles. The molecular weight excluding hydrogens is 452 g/mol. The third-order valence-corrected chi connectivity index (χ3v) is 7.60. The molecule has 9 nitrogen and oxygen atoms in total. The summed E-state index contributed by atoms with van der Waals surface area (Å²) in [4.78, 5) is 31.3. The van der Waals surface area contributed by atoms with Gasteiger partial charge in [-0.15, -0.1) is 21.5 Å². The van der Waals surface area contributed by atoms with Gasteiger partial charge in [0.2, 0.25) is 11.7 Å². The Bertz CT molecular complexity index is 1110. The van der Waals surface area contributed by atoms with Crippen LogP contribution in [0.3, 0.4) is 0 Å². The monoisotopic (exact) mass is 482 g/mol. The van der Waals surface area contributed by atoms with Crippen LogP contribution < -0.4 is 5.32 Å². The van der Waals surface area contributed by atoms with Crippen molar-refractivity contribution in [3.63, 3.8) is 0 Å². The van der Waals surface area contributed by atoms with Gasteiger partial charge in [-0.05, 0) is 61.4 Å². The Morgan fingerprint density at radius 2 is 1.94 bits per heavy atom. The van der Waals surface area contributed by atoms with Crippen LogP contribution in [0.1, 0.15) is 68.9 Å². The fourth-order valence-corrected chi connectivity index (χ4v) is 5.75. The van der Waals surface area contributed by atoms with E-state index in [1.165, 1.54) is 16.1 Å². The Hall–Kier alpha value is -3.01. The van der Waals surface area contributed by atoms with Gasteiger partial charge in [0.15, 0.2) is 6.04 Å². The van der Waals surface area contributed by atoms with Crippen LogP contribution in [0, 0.1) is 6.92 Å². The van der Waals surface area contributed by atoms with Crippen LogP contribution in [0.2, 0.25) is 0 Å². The molecule has 2 amide bonds. The van der Waals surface area contributed by atoms with E-state index in [0.29, 0.717) is 17.3 Å². The molecule has 1 unspecified atom stereocenters. The van der Waals surface area contributed by atoms with E-state index in [1.807, 2.05) is 36.6 Å². The summed E-state index contributed by atoms with van der Waals surface area (Å²) < 4.78 is 5.92. The number of carbonyl (C=O) groups is 2. The van der Waals surface area contributed by atoms with Crippen molar-refractivity contribution >= 4 is 23.2 Å². The zero-order chi connectivity index (χ0) is 23.5. The van der Waals surface area contributed by atoms with Gasteiger partial charge in [-0.1, -0.05) is 31.7 Å². The van der Waals surface area contributed by atoms with Crippen molar-refractivity contribution in [1.29, 1.82) is 0 Å². The Kier molecular flexibility index (Phi) is 6.75. The minimum Gasteiger partial charge on any atom is -0.464 e. The lowest BCUT2D eigenvalue weighted by molar-refractivity contribution is -0.145. The van der Waals surface area contributed by atoms with E-state index in [2.05, 4.69) is 20.7 Å². The van der Waals surface area contributed by atoms with Gasteiger partial charge in [0.05, 0.1) is 4.88 Å². The number of rotatable bonds is 8. The molecule has 2 aliphatic rings. The number of hydrogen-bond donors (Lipinski definition) is 1. The first kappa shape index (κ1) is 22.8. The smallest absolute Gasteiger partial charge is 0.250 e. The van der Waals surface area contributed by atoms with Crippen molar-refractivity contribution in [2.45, 2.75) is 83.0 Å². The Balaban J connectivity index is 1.42. The third kappa shape index (κ3) is 4.91. The number of aromatic nitrogens is 4. The van der Waals surface area contributed by atoms with Crippen molar-refractivity contribution in [3.05, 3.63) is 41.2 Å². The molecule has 0 bridgehead atoms. The molecule has 2 saturated carbocycles. The van der Waals surface area contributed by atoms with Crippen molar-refractivity contribution in [3.8, 4) is 10.7 Å². The number of thiophene rings is 1. The van der Waals surface area contributed by atoms with Gasteiger partial charge in [0.25, 0.3) is 5.91 Å². The van der Waals surface area contributed by atoms with Crippen LogP contribution in [0.4, 0.5) is 0 Å².